The maximum atomic E-state index is 12.3. The van der Waals surface area contributed by atoms with Gasteiger partial charge < -0.3 is 19.9 Å². The number of carboxylic acids is 1. The van der Waals surface area contributed by atoms with E-state index >= 15 is 0 Å². The molecule has 0 aliphatic rings. The zero-order chi connectivity index (χ0) is 17.6. The standard InChI is InChI=1S/C17H25NO5/c1-17(2,3)7-6-14(16(20)21)18-15(19)11-8-12(22-4)10-13(9-11)23-5/h8-10,14H,6-7H2,1-5H3,(H,18,19)(H,20,21). The predicted octanol–water partition coefficient (Wildman–Crippen LogP) is 2.71. The van der Waals surface area contributed by atoms with Gasteiger partial charge in [-0.2, -0.15) is 0 Å². The van der Waals surface area contributed by atoms with Crippen LogP contribution in [-0.2, 0) is 4.79 Å². The monoisotopic (exact) mass is 323 g/mol. The first kappa shape index (κ1) is 18.8. The van der Waals surface area contributed by atoms with Crippen LogP contribution in [-0.4, -0.2) is 37.2 Å². The summed E-state index contributed by atoms with van der Waals surface area (Å²) >= 11 is 0. The summed E-state index contributed by atoms with van der Waals surface area (Å²) in [6.07, 6.45) is 1.05. The summed E-state index contributed by atoms with van der Waals surface area (Å²) in [5.74, 6) is -0.576. The zero-order valence-electron chi connectivity index (χ0n) is 14.3. The zero-order valence-corrected chi connectivity index (χ0v) is 14.3. The van der Waals surface area contributed by atoms with Crippen molar-refractivity contribution >= 4 is 11.9 Å². The number of carboxylic acid groups (broad SMARTS) is 1. The summed E-state index contributed by atoms with van der Waals surface area (Å²) in [6.45, 7) is 6.09. The fourth-order valence-electron chi connectivity index (χ4n) is 2.01. The molecule has 1 rings (SSSR count). The van der Waals surface area contributed by atoms with E-state index in [9.17, 15) is 14.7 Å². The van der Waals surface area contributed by atoms with Crippen LogP contribution in [0, 0.1) is 5.41 Å². The average Bonchev–Trinajstić information content (AvgIpc) is 2.49. The fourth-order valence-corrected chi connectivity index (χ4v) is 2.01. The van der Waals surface area contributed by atoms with Gasteiger partial charge in [0.05, 0.1) is 14.2 Å². The molecule has 0 aliphatic heterocycles. The minimum absolute atomic E-state index is 0.00237. The molecule has 0 aromatic heterocycles. The van der Waals surface area contributed by atoms with Gasteiger partial charge in [-0.25, -0.2) is 4.79 Å². The van der Waals surface area contributed by atoms with Crippen LogP contribution in [0.3, 0.4) is 0 Å². The molecule has 0 radical (unpaired) electrons. The van der Waals surface area contributed by atoms with Crippen LogP contribution in [0.25, 0.3) is 0 Å². The van der Waals surface area contributed by atoms with E-state index in [4.69, 9.17) is 9.47 Å². The molecular formula is C17H25NO5. The van der Waals surface area contributed by atoms with Gasteiger partial charge in [0.25, 0.3) is 5.91 Å². The quantitative estimate of drug-likeness (QED) is 0.806. The molecule has 0 fully saturated rings. The Kier molecular flexibility index (Phi) is 6.42. The SMILES string of the molecule is COc1cc(OC)cc(C(=O)NC(CCC(C)(C)C)C(=O)O)c1. The largest absolute Gasteiger partial charge is 0.497 e. The topological polar surface area (TPSA) is 84.9 Å². The maximum absolute atomic E-state index is 12.3. The van der Waals surface area contributed by atoms with Crippen molar-refractivity contribution in [2.75, 3.05) is 14.2 Å². The van der Waals surface area contributed by atoms with E-state index in [1.165, 1.54) is 14.2 Å². The molecule has 0 heterocycles. The second-order valence-electron chi connectivity index (χ2n) is 6.56. The van der Waals surface area contributed by atoms with Crippen molar-refractivity contribution in [1.29, 1.82) is 0 Å². The van der Waals surface area contributed by atoms with Crippen molar-refractivity contribution in [2.45, 2.75) is 39.7 Å². The summed E-state index contributed by atoms with van der Waals surface area (Å²) in [5.41, 5.74) is 0.292. The van der Waals surface area contributed by atoms with Gasteiger partial charge in [-0.05, 0) is 30.4 Å². The van der Waals surface area contributed by atoms with E-state index in [-0.39, 0.29) is 5.41 Å². The van der Waals surface area contributed by atoms with E-state index in [0.29, 0.717) is 29.9 Å². The minimum atomic E-state index is -1.04. The molecule has 1 aromatic carbocycles. The number of methoxy groups -OCH3 is 2. The number of rotatable bonds is 7. The normalized spacial score (nSPS) is 12.4. The molecule has 2 N–H and O–H groups in total. The molecule has 0 saturated carbocycles. The highest BCUT2D eigenvalue weighted by Gasteiger charge is 2.23. The Bertz CT molecular complexity index is 540. The Morgan fingerprint density at radius 3 is 2.04 bits per heavy atom. The lowest BCUT2D eigenvalue weighted by Gasteiger charge is -2.21. The van der Waals surface area contributed by atoms with Crippen molar-refractivity contribution < 1.29 is 24.2 Å². The second-order valence-corrected chi connectivity index (χ2v) is 6.56. The van der Waals surface area contributed by atoms with Gasteiger partial charge in [0, 0.05) is 11.6 Å². The summed E-state index contributed by atoms with van der Waals surface area (Å²) in [6, 6.07) is 3.80. The summed E-state index contributed by atoms with van der Waals surface area (Å²) in [7, 11) is 2.97. The molecule has 0 bridgehead atoms. The van der Waals surface area contributed by atoms with E-state index in [1.807, 2.05) is 20.8 Å². The third-order valence-corrected chi connectivity index (χ3v) is 3.40. The molecule has 128 valence electrons. The summed E-state index contributed by atoms with van der Waals surface area (Å²) in [5, 5.41) is 11.9. The number of carbonyl (C=O) groups excluding carboxylic acids is 1. The molecule has 1 unspecified atom stereocenters. The van der Waals surface area contributed by atoms with Crippen LogP contribution in [0.1, 0.15) is 44.0 Å². The number of carbonyl (C=O) groups is 2. The van der Waals surface area contributed by atoms with Gasteiger partial charge in [-0.15, -0.1) is 0 Å². The average molecular weight is 323 g/mol. The van der Waals surface area contributed by atoms with Crippen molar-refractivity contribution in [1.82, 2.24) is 5.32 Å². The molecule has 1 amide bonds. The highest BCUT2D eigenvalue weighted by Crippen LogP contribution is 2.24. The molecule has 23 heavy (non-hydrogen) atoms. The third-order valence-electron chi connectivity index (χ3n) is 3.40. The summed E-state index contributed by atoms with van der Waals surface area (Å²) in [4.78, 5) is 23.7. The minimum Gasteiger partial charge on any atom is -0.497 e. The first-order valence-corrected chi connectivity index (χ1v) is 7.43. The van der Waals surface area contributed by atoms with Gasteiger partial charge in [0.1, 0.15) is 17.5 Å². The Balaban J connectivity index is 2.88. The van der Waals surface area contributed by atoms with Crippen LogP contribution < -0.4 is 14.8 Å². The van der Waals surface area contributed by atoms with Crippen molar-refractivity contribution in [3.63, 3.8) is 0 Å². The second kappa shape index (κ2) is 7.85. The number of hydrogen-bond acceptors (Lipinski definition) is 4. The first-order chi connectivity index (χ1) is 10.7. The lowest BCUT2D eigenvalue weighted by atomic mass is 9.88. The predicted molar refractivity (Wildman–Crippen MR) is 87.1 cm³/mol. The molecule has 6 nitrogen and oxygen atoms in total. The number of hydrogen-bond donors (Lipinski definition) is 2. The van der Waals surface area contributed by atoms with Crippen LogP contribution >= 0.6 is 0 Å². The van der Waals surface area contributed by atoms with Crippen LogP contribution in [0.15, 0.2) is 18.2 Å². The van der Waals surface area contributed by atoms with E-state index in [0.717, 1.165) is 0 Å². The molecule has 1 atom stereocenters. The molecule has 0 aliphatic carbocycles. The number of amides is 1. The van der Waals surface area contributed by atoms with Gasteiger partial charge >= 0.3 is 5.97 Å². The van der Waals surface area contributed by atoms with Crippen LogP contribution in [0.2, 0.25) is 0 Å². The van der Waals surface area contributed by atoms with Gasteiger partial charge in [0.15, 0.2) is 0 Å². The molecule has 0 spiro atoms. The van der Waals surface area contributed by atoms with E-state index < -0.39 is 17.9 Å². The van der Waals surface area contributed by atoms with Gasteiger partial charge in [0.2, 0.25) is 0 Å². The summed E-state index contributed by atoms with van der Waals surface area (Å²) < 4.78 is 10.2. The molecular weight excluding hydrogens is 298 g/mol. The number of benzene rings is 1. The maximum Gasteiger partial charge on any atom is 0.326 e. The van der Waals surface area contributed by atoms with Gasteiger partial charge in [-0.1, -0.05) is 20.8 Å². The van der Waals surface area contributed by atoms with Crippen LogP contribution in [0.4, 0.5) is 0 Å². The Morgan fingerprint density at radius 2 is 1.65 bits per heavy atom. The first-order valence-electron chi connectivity index (χ1n) is 7.43. The third kappa shape index (κ3) is 6.18. The van der Waals surface area contributed by atoms with Crippen LogP contribution in [0.5, 0.6) is 11.5 Å². The molecule has 6 heteroatoms. The number of aliphatic carboxylic acids is 1. The molecule has 1 aromatic rings. The number of nitrogens with one attached hydrogen (secondary N) is 1. The Hall–Kier alpha value is -2.24. The fraction of sp³-hybridized carbons (Fsp3) is 0.529. The lowest BCUT2D eigenvalue weighted by Crippen LogP contribution is -2.41. The smallest absolute Gasteiger partial charge is 0.326 e. The van der Waals surface area contributed by atoms with Crippen molar-refractivity contribution in [2.24, 2.45) is 5.41 Å². The van der Waals surface area contributed by atoms with E-state index in [1.54, 1.807) is 18.2 Å². The highest BCUT2D eigenvalue weighted by atomic mass is 16.5. The number of ether oxygens (including phenoxy) is 2. The Labute approximate surface area is 136 Å². The van der Waals surface area contributed by atoms with Gasteiger partial charge in [-0.3, -0.25) is 4.79 Å². The highest BCUT2D eigenvalue weighted by molar-refractivity contribution is 5.97. The van der Waals surface area contributed by atoms with Crippen molar-refractivity contribution in [3.8, 4) is 11.5 Å². The lowest BCUT2D eigenvalue weighted by molar-refractivity contribution is -0.139. The van der Waals surface area contributed by atoms with E-state index in [2.05, 4.69) is 5.32 Å². The van der Waals surface area contributed by atoms with Crippen molar-refractivity contribution in [3.05, 3.63) is 23.8 Å². The molecule has 0 saturated heterocycles. The Morgan fingerprint density at radius 1 is 1.13 bits per heavy atom.